The van der Waals surface area contributed by atoms with Crippen molar-refractivity contribution >= 4 is 0 Å². The van der Waals surface area contributed by atoms with Crippen molar-refractivity contribution in [3.63, 3.8) is 0 Å². The van der Waals surface area contributed by atoms with Gasteiger partial charge in [-0.2, -0.15) is 0 Å². The summed E-state index contributed by atoms with van der Waals surface area (Å²) in [5.41, 5.74) is 5.09. The van der Waals surface area contributed by atoms with Crippen LogP contribution in [0.2, 0.25) is 0 Å². The van der Waals surface area contributed by atoms with Gasteiger partial charge in [0.15, 0.2) is 0 Å². The maximum atomic E-state index is 8.86. The summed E-state index contributed by atoms with van der Waals surface area (Å²) in [6.45, 7) is 6.23. The van der Waals surface area contributed by atoms with Gasteiger partial charge in [-0.1, -0.05) is 36.4 Å². The predicted octanol–water partition coefficient (Wildman–Crippen LogP) is 2.96. The lowest BCUT2D eigenvalue weighted by Gasteiger charge is -2.13. The van der Waals surface area contributed by atoms with Crippen LogP contribution in [0.4, 0.5) is 0 Å². The minimum absolute atomic E-state index is 0.0320. The van der Waals surface area contributed by atoms with Gasteiger partial charge in [-0.15, -0.1) is 0 Å². The second kappa shape index (κ2) is 7.81. The summed E-state index contributed by atoms with van der Waals surface area (Å²) >= 11 is 0. The molecule has 0 fully saturated rings. The Morgan fingerprint density at radius 2 is 1.67 bits per heavy atom. The summed E-state index contributed by atoms with van der Waals surface area (Å²) < 4.78 is 5.54. The van der Waals surface area contributed by atoms with Gasteiger partial charge < -0.3 is 15.2 Å². The largest absolute Gasteiger partial charge is 0.491 e. The Morgan fingerprint density at radius 1 is 0.952 bits per heavy atom. The second-order valence-corrected chi connectivity index (χ2v) is 5.14. The number of ether oxygens (including phenoxy) is 1. The number of aliphatic hydroxyl groups excluding tert-OH is 1. The zero-order chi connectivity index (χ0) is 15.1. The Morgan fingerprint density at radius 3 is 2.48 bits per heavy atom. The quantitative estimate of drug-likeness (QED) is 0.822. The van der Waals surface area contributed by atoms with E-state index >= 15 is 0 Å². The highest BCUT2D eigenvalue weighted by Crippen LogP contribution is 2.18. The van der Waals surface area contributed by atoms with Crippen LogP contribution in [0, 0.1) is 13.8 Å². The van der Waals surface area contributed by atoms with Crippen molar-refractivity contribution in [3.05, 3.63) is 64.7 Å². The predicted molar refractivity (Wildman–Crippen MR) is 85.5 cm³/mol. The van der Waals surface area contributed by atoms with Crippen LogP contribution in [0.15, 0.2) is 42.5 Å². The van der Waals surface area contributed by atoms with Crippen LogP contribution < -0.4 is 10.1 Å². The summed E-state index contributed by atoms with van der Waals surface area (Å²) in [5, 5.41) is 12.3. The Balaban J connectivity index is 1.95. The third-order valence-corrected chi connectivity index (χ3v) is 3.67. The molecule has 0 saturated carbocycles. The molecule has 0 unspecified atom stereocenters. The summed E-state index contributed by atoms with van der Waals surface area (Å²) in [4.78, 5) is 0. The number of hydrogen-bond donors (Lipinski definition) is 2. The normalized spacial score (nSPS) is 10.6. The van der Waals surface area contributed by atoms with E-state index in [1.165, 1.54) is 16.7 Å². The first-order valence-electron chi connectivity index (χ1n) is 7.29. The van der Waals surface area contributed by atoms with Crippen molar-refractivity contribution in [3.8, 4) is 5.75 Å². The molecule has 2 aromatic carbocycles. The average molecular weight is 285 g/mol. The van der Waals surface area contributed by atoms with Crippen molar-refractivity contribution in [2.24, 2.45) is 0 Å². The molecule has 3 nitrogen and oxygen atoms in total. The van der Waals surface area contributed by atoms with Crippen molar-refractivity contribution in [2.75, 3.05) is 13.2 Å². The first kappa shape index (κ1) is 15.5. The lowest BCUT2D eigenvalue weighted by molar-refractivity contribution is 0.200. The Labute approximate surface area is 126 Å². The van der Waals surface area contributed by atoms with E-state index in [2.05, 4.69) is 37.4 Å². The first-order chi connectivity index (χ1) is 10.2. The number of aliphatic hydroxyl groups is 1. The van der Waals surface area contributed by atoms with Crippen LogP contribution in [-0.2, 0) is 13.1 Å². The van der Waals surface area contributed by atoms with Crippen molar-refractivity contribution in [1.82, 2.24) is 5.32 Å². The van der Waals surface area contributed by atoms with Gasteiger partial charge in [0.25, 0.3) is 0 Å². The fraction of sp³-hybridized carbons (Fsp3) is 0.333. The molecule has 2 N–H and O–H groups in total. The van der Waals surface area contributed by atoms with E-state index in [1.807, 2.05) is 24.3 Å². The van der Waals surface area contributed by atoms with Crippen molar-refractivity contribution in [2.45, 2.75) is 26.9 Å². The van der Waals surface area contributed by atoms with Gasteiger partial charge in [0.05, 0.1) is 6.61 Å². The average Bonchev–Trinajstić information content (AvgIpc) is 2.50. The molecule has 0 saturated heterocycles. The third-order valence-electron chi connectivity index (χ3n) is 3.67. The highest BCUT2D eigenvalue weighted by molar-refractivity contribution is 5.34. The zero-order valence-electron chi connectivity index (χ0n) is 12.7. The number of para-hydroxylation sites is 1. The van der Waals surface area contributed by atoms with Gasteiger partial charge in [0.2, 0.25) is 0 Å². The topological polar surface area (TPSA) is 41.5 Å². The second-order valence-electron chi connectivity index (χ2n) is 5.14. The molecule has 0 atom stereocenters. The molecular formula is C18H23NO2. The number of benzene rings is 2. The Hall–Kier alpha value is -1.84. The minimum Gasteiger partial charge on any atom is -0.491 e. The fourth-order valence-electron chi connectivity index (χ4n) is 2.28. The third kappa shape index (κ3) is 4.31. The number of aryl methyl sites for hydroxylation is 1. The van der Waals surface area contributed by atoms with Crippen LogP contribution in [0.25, 0.3) is 0 Å². The molecule has 0 radical (unpaired) electrons. The fourth-order valence-corrected chi connectivity index (χ4v) is 2.28. The lowest BCUT2D eigenvalue weighted by Crippen LogP contribution is -2.15. The van der Waals surface area contributed by atoms with E-state index in [4.69, 9.17) is 9.84 Å². The molecule has 0 bridgehead atoms. The van der Waals surface area contributed by atoms with Crippen LogP contribution in [0.5, 0.6) is 5.75 Å². The van der Waals surface area contributed by atoms with Crippen molar-refractivity contribution in [1.29, 1.82) is 0 Å². The van der Waals surface area contributed by atoms with E-state index in [1.54, 1.807) is 0 Å². The molecule has 0 spiro atoms. The molecular weight excluding hydrogens is 262 g/mol. The van der Waals surface area contributed by atoms with E-state index in [-0.39, 0.29) is 6.61 Å². The highest BCUT2D eigenvalue weighted by Gasteiger charge is 2.04. The maximum absolute atomic E-state index is 8.86. The van der Waals surface area contributed by atoms with Gasteiger partial charge >= 0.3 is 0 Å². The van der Waals surface area contributed by atoms with Crippen LogP contribution in [0.1, 0.15) is 22.3 Å². The molecule has 0 aliphatic carbocycles. The first-order valence-corrected chi connectivity index (χ1v) is 7.29. The van der Waals surface area contributed by atoms with Crippen molar-refractivity contribution < 1.29 is 9.84 Å². The Kier molecular flexibility index (Phi) is 5.78. The zero-order valence-corrected chi connectivity index (χ0v) is 12.7. The Bertz CT molecular complexity index is 581. The van der Waals surface area contributed by atoms with Gasteiger partial charge in [0.1, 0.15) is 12.4 Å². The van der Waals surface area contributed by atoms with E-state index in [0.29, 0.717) is 6.61 Å². The number of rotatable bonds is 7. The van der Waals surface area contributed by atoms with E-state index in [9.17, 15) is 0 Å². The van der Waals surface area contributed by atoms with Gasteiger partial charge in [-0.3, -0.25) is 0 Å². The van der Waals surface area contributed by atoms with Gasteiger partial charge in [-0.25, -0.2) is 0 Å². The number of hydrogen-bond acceptors (Lipinski definition) is 3. The summed E-state index contributed by atoms with van der Waals surface area (Å²) in [6.07, 6.45) is 0. The SMILES string of the molecule is Cc1cccc(CNCc2ccccc2OCCO)c1C. The molecule has 21 heavy (non-hydrogen) atoms. The summed E-state index contributed by atoms with van der Waals surface area (Å²) in [7, 11) is 0. The molecule has 2 aromatic rings. The molecule has 2 rings (SSSR count). The molecule has 0 aliphatic rings. The maximum Gasteiger partial charge on any atom is 0.123 e. The van der Waals surface area contributed by atoms with Crippen LogP contribution >= 0.6 is 0 Å². The van der Waals surface area contributed by atoms with E-state index in [0.717, 1.165) is 24.4 Å². The monoisotopic (exact) mass is 285 g/mol. The van der Waals surface area contributed by atoms with Crippen LogP contribution in [0.3, 0.4) is 0 Å². The highest BCUT2D eigenvalue weighted by atomic mass is 16.5. The summed E-state index contributed by atoms with van der Waals surface area (Å²) in [6, 6.07) is 14.3. The molecule has 3 heteroatoms. The standard InChI is InChI=1S/C18H23NO2/c1-14-6-5-8-16(15(14)2)12-19-13-17-7-3-4-9-18(17)21-11-10-20/h3-9,19-20H,10-13H2,1-2H3. The summed E-state index contributed by atoms with van der Waals surface area (Å²) in [5.74, 6) is 0.833. The minimum atomic E-state index is 0.0320. The van der Waals surface area contributed by atoms with Gasteiger partial charge in [0, 0.05) is 18.7 Å². The molecule has 0 amide bonds. The van der Waals surface area contributed by atoms with E-state index < -0.39 is 0 Å². The lowest BCUT2D eigenvalue weighted by atomic mass is 10.0. The van der Waals surface area contributed by atoms with Crippen LogP contribution in [-0.4, -0.2) is 18.3 Å². The molecule has 0 aliphatic heterocycles. The molecule has 0 aromatic heterocycles. The molecule has 0 heterocycles. The van der Waals surface area contributed by atoms with Gasteiger partial charge in [-0.05, 0) is 36.6 Å². The number of nitrogens with one attached hydrogen (secondary N) is 1. The molecule has 112 valence electrons. The smallest absolute Gasteiger partial charge is 0.123 e.